The van der Waals surface area contributed by atoms with E-state index >= 15 is 4.39 Å². The van der Waals surface area contributed by atoms with Gasteiger partial charge in [-0.1, -0.05) is 37.6 Å². The van der Waals surface area contributed by atoms with E-state index in [0.29, 0.717) is 24.9 Å². The van der Waals surface area contributed by atoms with Gasteiger partial charge in [0.15, 0.2) is 17.4 Å². The van der Waals surface area contributed by atoms with Crippen molar-refractivity contribution in [2.45, 2.75) is 45.1 Å². The molecule has 0 spiro atoms. The van der Waals surface area contributed by atoms with E-state index in [0.717, 1.165) is 49.4 Å². The largest absolute Gasteiger partial charge is 0.459 e. The fourth-order valence-electron chi connectivity index (χ4n) is 4.58. The van der Waals surface area contributed by atoms with Crippen LogP contribution in [0.2, 0.25) is 0 Å². The second kappa shape index (κ2) is 11.9. The Hall–Kier alpha value is -3.26. The van der Waals surface area contributed by atoms with Crippen molar-refractivity contribution in [3.05, 3.63) is 89.7 Å². The third kappa shape index (κ3) is 6.36. The van der Waals surface area contributed by atoms with E-state index in [1.807, 2.05) is 0 Å². The monoisotopic (exact) mass is 520 g/mol. The molecule has 2 unspecified atom stereocenters. The van der Waals surface area contributed by atoms with E-state index in [9.17, 15) is 22.0 Å². The van der Waals surface area contributed by atoms with Crippen molar-refractivity contribution in [1.29, 1.82) is 0 Å². The molecule has 0 radical (unpaired) electrons. The second-order valence-electron chi connectivity index (χ2n) is 9.04. The topological polar surface area (TPSA) is 18.5 Å². The molecular formula is C29H26F6O2. The maximum absolute atomic E-state index is 15.0. The lowest BCUT2D eigenvalue weighted by Crippen LogP contribution is -2.20. The Labute approximate surface area is 211 Å². The molecule has 8 heteroatoms. The molecule has 0 saturated carbocycles. The molecule has 0 N–H and O–H groups in total. The number of hydrogen-bond acceptors (Lipinski definition) is 2. The smallest absolute Gasteiger partial charge is 0.260 e. The van der Waals surface area contributed by atoms with Crippen molar-refractivity contribution in [3.8, 4) is 28.0 Å². The molecule has 2 nitrogen and oxygen atoms in total. The highest BCUT2D eigenvalue weighted by Crippen LogP contribution is 2.36. The van der Waals surface area contributed by atoms with Crippen molar-refractivity contribution < 1.29 is 35.8 Å². The highest BCUT2D eigenvalue weighted by molar-refractivity contribution is 5.72. The van der Waals surface area contributed by atoms with Crippen molar-refractivity contribution in [3.63, 3.8) is 0 Å². The Morgan fingerprint density at radius 2 is 1.51 bits per heavy atom. The van der Waals surface area contributed by atoms with Crippen LogP contribution in [0.25, 0.3) is 22.3 Å². The van der Waals surface area contributed by atoms with Crippen LogP contribution in [-0.2, 0) is 4.74 Å². The molecule has 1 aliphatic heterocycles. The Balaban J connectivity index is 1.53. The fraction of sp³-hybridized carbons (Fsp3) is 0.310. The highest BCUT2D eigenvalue weighted by atomic mass is 19.3. The van der Waals surface area contributed by atoms with Crippen LogP contribution in [0.1, 0.15) is 44.3 Å². The molecule has 0 bridgehead atoms. The van der Waals surface area contributed by atoms with Gasteiger partial charge in [0.1, 0.15) is 11.6 Å². The van der Waals surface area contributed by atoms with Crippen molar-refractivity contribution in [2.75, 3.05) is 6.61 Å². The Bertz CT molecular complexity index is 1240. The van der Waals surface area contributed by atoms with Crippen molar-refractivity contribution >= 4 is 0 Å². The Kier molecular flexibility index (Phi) is 8.59. The first-order chi connectivity index (χ1) is 17.8. The van der Waals surface area contributed by atoms with Crippen LogP contribution < -0.4 is 4.74 Å². The van der Waals surface area contributed by atoms with Crippen molar-refractivity contribution in [1.82, 2.24) is 0 Å². The van der Waals surface area contributed by atoms with Gasteiger partial charge in [0, 0.05) is 17.2 Å². The first-order valence-electron chi connectivity index (χ1n) is 12.1. The van der Waals surface area contributed by atoms with E-state index in [-0.39, 0.29) is 28.4 Å². The Morgan fingerprint density at radius 1 is 0.865 bits per heavy atom. The summed E-state index contributed by atoms with van der Waals surface area (Å²) in [4.78, 5) is 0. The number of rotatable bonds is 8. The zero-order chi connectivity index (χ0) is 26.5. The van der Waals surface area contributed by atoms with Crippen LogP contribution in [-0.4, -0.2) is 13.0 Å². The van der Waals surface area contributed by atoms with Gasteiger partial charge in [0.25, 0.3) is 6.43 Å². The number of alkyl halides is 2. The lowest BCUT2D eigenvalue weighted by molar-refractivity contribution is -0.0195. The molecule has 4 rings (SSSR count). The molecule has 37 heavy (non-hydrogen) atoms. The van der Waals surface area contributed by atoms with Crippen LogP contribution in [0.15, 0.2) is 60.9 Å². The predicted octanol–water partition coefficient (Wildman–Crippen LogP) is 9.00. The second-order valence-corrected chi connectivity index (χ2v) is 9.04. The molecule has 3 aromatic carbocycles. The van der Waals surface area contributed by atoms with Crippen LogP contribution in [0.4, 0.5) is 26.3 Å². The van der Waals surface area contributed by atoms with Gasteiger partial charge in [-0.25, -0.2) is 26.3 Å². The summed E-state index contributed by atoms with van der Waals surface area (Å²) in [5.41, 5.74) is 0.919. The molecule has 0 aliphatic carbocycles. The minimum absolute atomic E-state index is 0.120. The first kappa shape index (κ1) is 26.8. The molecule has 196 valence electrons. The molecule has 1 heterocycles. The standard InChI is InChI=1S/C29H26F6O2/c1-2-3-17-4-9-27(37-16-17)19-6-8-21(24(31)13-19)18-5-7-22(23(30)12-18)20-14-25(32)29(26(33)15-20)36-11-10-28(34)35/h5-8,10-15,17,27-28H,2-4,9,16H2,1H3. The van der Waals surface area contributed by atoms with Gasteiger partial charge in [0.05, 0.1) is 19.0 Å². The van der Waals surface area contributed by atoms with Gasteiger partial charge in [0.2, 0.25) is 0 Å². The molecule has 1 aliphatic rings. The number of ether oxygens (including phenoxy) is 2. The van der Waals surface area contributed by atoms with Gasteiger partial charge in [-0.15, -0.1) is 0 Å². The third-order valence-corrected chi connectivity index (χ3v) is 6.43. The zero-order valence-corrected chi connectivity index (χ0v) is 20.1. The summed E-state index contributed by atoms with van der Waals surface area (Å²) < 4.78 is 93.5. The van der Waals surface area contributed by atoms with Gasteiger partial charge >= 0.3 is 0 Å². The van der Waals surface area contributed by atoms with Gasteiger partial charge in [-0.2, -0.15) is 0 Å². The molecular weight excluding hydrogens is 494 g/mol. The molecule has 1 saturated heterocycles. The lowest BCUT2D eigenvalue weighted by Gasteiger charge is -2.29. The van der Waals surface area contributed by atoms with Crippen LogP contribution in [0.3, 0.4) is 0 Å². The lowest BCUT2D eigenvalue weighted by atomic mass is 9.91. The van der Waals surface area contributed by atoms with E-state index < -0.39 is 35.4 Å². The number of benzene rings is 3. The molecule has 2 atom stereocenters. The summed E-state index contributed by atoms with van der Waals surface area (Å²) in [7, 11) is 0. The van der Waals surface area contributed by atoms with E-state index in [4.69, 9.17) is 4.74 Å². The third-order valence-electron chi connectivity index (χ3n) is 6.43. The van der Waals surface area contributed by atoms with E-state index in [1.165, 1.54) is 18.2 Å². The number of halogens is 6. The molecule has 3 aromatic rings. The molecule has 1 fully saturated rings. The predicted molar refractivity (Wildman–Crippen MR) is 129 cm³/mol. The minimum Gasteiger partial charge on any atom is -0.459 e. The van der Waals surface area contributed by atoms with Crippen molar-refractivity contribution in [2.24, 2.45) is 5.92 Å². The summed E-state index contributed by atoms with van der Waals surface area (Å²) in [5, 5.41) is 0. The minimum atomic E-state index is -2.85. The summed E-state index contributed by atoms with van der Waals surface area (Å²) in [5.74, 6) is -4.08. The zero-order valence-electron chi connectivity index (χ0n) is 20.1. The average molecular weight is 521 g/mol. The molecule has 0 amide bonds. The summed E-state index contributed by atoms with van der Waals surface area (Å²) >= 11 is 0. The van der Waals surface area contributed by atoms with E-state index in [1.54, 1.807) is 12.1 Å². The first-order valence-corrected chi connectivity index (χ1v) is 12.1. The maximum Gasteiger partial charge on any atom is 0.260 e. The van der Waals surface area contributed by atoms with Gasteiger partial charge in [-0.05, 0) is 66.1 Å². The fourth-order valence-corrected chi connectivity index (χ4v) is 4.58. The SMILES string of the molecule is CCCC1CCC(c2ccc(-c3ccc(-c4cc(F)c(OC=CC(F)F)c(F)c4)c(F)c3)c(F)c2)OC1. The number of allylic oxidation sites excluding steroid dienone is 1. The number of hydrogen-bond donors (Lipinski definition) is 0. The summed E-state index contributed by atoms with van der Waals surface area (Å²) in [6.45, 7) is 2.78. The summed E-state index contributed by atoms with van der Waals surface area (Å²) in [6, 6.07) is 10.2. The van der Waals surface area contributed by atoms with Crippen LogP contribution in [0.5, 0.6) is 5.75 Å². The van der Waals surface area contributed by atoms with Crippen LogP contribution in [0, 0.1) is 29.2 Å². The quantitative estimate of drug-likeness (QED) is 0.218. The highest BCUT2D eigenvalue weighted by Gasteiger charge is 2.23. The maximum atomic E-state index is 15.0. The van der Waals surface area contributed by atoms with Gasteiger partial charge in [-0.3, -0.25) is 0 Å². The molecule has 0 aromatic heterocycles. The normalized spacial score (nSPS) is 18.1. The van der Waals surface area contributed by atoms with Gasteiger partial charge < -0.3 is 9.47 Å². The van der Waals surface area contributed by atoms with Crippen LogP contribution >= 0.6 is 0 Å². The average Bonchev–Trinajstić information content (AvgIpc) is 2.86. The summed E-state index contributed by atoms with van der Waals surface area (Å²) in [6.07, 6.45) is 1.81. The van der Waals surface area contributed by atoms with E-state index in [2.05, 4.69) is 11.7 Å². The Morgan fingerprint density at radius 3 is 2.11 bits per heavy atom.